The first-order chi connectivity index (χ1) is 14.6. The molecular formula is C24H26N4O2. The van der Waals surface area contributed by atoms with E-state index in [9.17, 15) is 9.90 Å². The van der Waals surface area contributed by atoms with E-state index in [2.05, 4.69) is 45.5 Å². The van der Waals surface area contributed by atoms with Crippen LogP contribution in [0.15, 0.2) is 42.6 Å². The number of carbonyl (C=O) groups excluding carboxylic acids is 1. The van der Waals surface area contributed by atoms with Gasteiger partial charge in [-0.2, -0.15) is 5.10 Å². The summed E-state index contributed by atoms with van der Waals surface area (Å²) in [7, 11) is 0. The number of aliphatic hydroxyl groups excluding tert-OH is 1. The number of hydrogen-bond acceptors (Lipinski definition) is 5. The lowest BCUT2D eigenvalue weighted by molar-refractivity contribution is 0.0951. The highest BCUT2D eigenvalue weighted by Gasteiger charge is 2.27. The Kier molecular flexibility index (Phi) is 4.87. The van der Waals surface area contributed by atoms with Crippen molar-refractivity contribution in [1.82, 2.24) is 15.5 Å². The average Bonchev–Trinajstić information content (AvgIpc) is 3.45. The van der Waals surface area contributed by atoms with Crippen LogP contribution in [0.4, 0.5) is 5.82 Å². The molecule has 6 nitrogen and oxygen atoms in total. The van der Waals surface area contributed by atoms with E-state index in [1.807, 2.05) is 18.2 Å². The number of nitrogens with zero attached hydrogens (tertiary/aromatic N) is 3. The molecule has 154 valence electrons. The van der Waals surface area contributed by atoms with Gasteiger partial charge in [-0.05, 0) is 73.6 Å². The van der Waals surface area contributed by atoms with Crippen LogP contribution >= 0.6 is 0 Å². The minimum absolute atomic E-state index is 0.00299. The third kappa shape index (κ3) is 3.52. The van der Waals surface area contributed by atoms with E-state index in [0.717, 1.165) is 65.5 Å². The van der Waals surface area contributed by atoms with Gasteiger partial charge < -0.3 is 15.3 Å². The number of aryl methyl sites for hydroxylation is 1. The van der Waals surface area contributed by atoms with Gasteiger partial charge >= 0.3 is 0 Å². The number of aromatic nitrogens is 2. The average molecular weight is 402 g/mol. The minimum Gasteiger partial charge on any atom is -0.394 e. The zero-order valence-electron chi connectivity index (χ0n) is 17.1. The van der Waals surface area contributed by atoms with Gasteiger partial charge in [-0.1, -0.05) is 12.1 Å². The third-order valence-corrected chi connectivity index (χ3v) is 6.23. The van der Waals surface area contributed by atoms with Crippen LogP contribution in [0.25, 0.3) is 21.9 Å². The second-order valence-corrected chi connectivity index (χ2v) is 8.42. The summed E-state index contributed by atoms with van der Waals surface area (Å²) in [5.74, 6) is 0.835. The van der Waals surface area contributed by atoms with Crippen molar-refractivity contribution in [2.24, 2.45) is 0 Å². The number of fused-ring (bicyclic) bond motifs is 1. The second-order valence-electron chi connectivity index (χ2n) is 8.42. The lowest BCUT2D eigenvalue weighted by Crippen LogP contribution is -2.33. The standard InChI is InChI=1S/C24H26N4O2/c1-15-4-5-17(24(30)26-19-7-8-19)12-22(15)16-6-9-21-18(11-16)13-25-27-23(21)28-10-2-3-20(28)14-29/h4-6,9,11-13,19-20,29H,2-3,7-8,10,14H2,1H3,(H,26,30)/t20-/m0/s1. The molecule has 1 aromatic heterocycles. The predicted octanol–water partition coefficient (Wildman–Crippen LogP) is 3.46. The maximum absolute atomic E-state index is 12.5. The lowest BCUT2D eigenvalue weighted by Gasteiger charge is -2.24. The van der Waals surface area contributed by atoms with Crippen molar-refractivity contribution in [2.45, 2.75) is 44.7 Å². The van der Waals surface area contributed by atoms with Crippen molar-refractivity contribution in [3.8, 4) is 11.1 Å². The highest BCUT2D eigenvalue weighted by molar-refractivity contribution is 5.98. The number of benzene rings is 2. The molecule has 1 aliphatic carbocycles. The molecule has 2 heterocycles. The summed E-state index contributed by atoms with van der Waals surface area (Å²) in [4.78, 5) is 14.7. The minimum atomic E-state index is -0.00299. The summed E-state index contributed by atoms with van der Waals surface area (Å²) >= 11 is 0. The molecule has 2 aliphatic rings. The Morgan fingerprint density at radius 2 is 2.07 bits per heavy atom. The Balaban J connectivity index is 1.52. The summed E-state index contributed by atoms with van der Waals surface area (Å²) in [6.07, 6.45) is 5.96. The second kappa shape index (κ2) is 7.69. The number of rotatable bonds is 5. The molecular weight excluding hydrogens is 376 g/mol. The summed E-state index contributed by atoms with van der Waals surface area (Å²) in [6.45, 7) is 3.08. The van der Waals surface area contributed by atoms with Gasteiger partial charge in [-0.25, -0.2) is 0 Å². The van der Waals surface area contributed by atoms with E-state index in [4.69, 9.17) is 0 Å². The first-order valence-electron chi connectivity index (χ1n) is 10.7. The fraction of sp³-hybridized carbons (Fsp3) is 0.375. The van der Waals surface area contributed by atoms with Gasteiger partial charge in [0.05, 0.1) is 18.8 Å². The monoisotopic (exact) mass is 402 g/mol. The lowest BCUT2D eigenvalue weighted by atomic mass is 9.96. The fourth-order valence-corrected chi connectivity index (χ4v) is 4.33. The van der Waals surface area contributed by atoms with Crippen molar-refractivity contribution in [3.63, 3.8) is 0 Å². The molecule has 2 aromatic carbocycles. The zero-order chi connectivity index (χ0) is 20.7. The van der Waals surface area contributed by atoms with Crippen LogP contribution in [0.3, 0.4) is 0 Å². The third-order valence-electron chi connectivity index (χ3n) is 6.23. The zero-order valence-corrected chi connectivity index (χ0v) is 17.1. The maximum Gasteiger partial charge on any atom is 0.251 e. The molecule has 0 spiro atoms. The highest BCUT2D eigenvalue weighted by atomic mass is 16.3. The molecule has 2 N–H and O–H groups in total. The Bertz CT molecular complexity index is 1110. The Labute approximate surface area is 175 Å². The topological polar surface area (TPSA) is 78.4 Å². The Morgan fingerprint density at radius 1 is 1.20 bits per heavy atom. The molecule has 1 saturated heterocycles. The highest BCUT2D eigenvalue weighted by Crippen LogP contribution is 2.33. The molecule has 1 saturated carbocycles. The molecule has 30 heavy (non-hydrogen) atoms. The van der Waals surface area contributed by atoms with E-state index in [1.165, 1.54) is 0 Å². The maximum atomic E-state index is 12.5. The number of amides is 1. The molecule has 2 fully saturated rings. The van der Waals surface area contributed by atoms with Crippen molar-refractivity contribution in [2.75, 3.05) is 18.1 Å². The van der Waals surface area contributed by atoms with E-state index in [0.29, 0.717) is 11.6 Å². The SMILES string of the molecule is Cc1ccc(C(=O)NC2CC2)cc1-c1ccc2c(N3CCC[C@H]3CO)nncc2c1. The molecule has 1 atom stereocenters. The number of anilines is 1. The quantitative estimate of drug-likeness (QED) is 0.683. The summed E-state index contributed by atoms with van der Waals surface area (Å²) in [5.41, 5.74) is 3.92. The number of hydrogen-bond donors (Lipinski definition) is 2. The van der Waals surface area contributed by atoms with Gasteiger partial charge in [0.1, 0.15) is 0 Å². The predicted molar refractivity (Wildman–Crippen MR) is 118 cm³/mol. The molecule has 0 bridgehead atoms. The van der Waals surface area contributed by atoms with Gasteiger partial charge in [-0.3, -0.25) is 4.79 Å². The molecule has 5 rings (SSSR count). The number of nitrogens with one attached hydrogen (secondary N) is 1. The van der Waals surface area contributed by atoms with Gasteiger partial charge in [0.25, 0.3) is 5.91 Å². The van der Waals surface area contributed by atoms with Crippen LogP contribution in [0.2, 0.25) is 0 Å². The summed E-state index contributed by atoms with van der Waals surface area (Å²) in [6, 6.07) is 12.6. The Morgan fingerprint density at radius 3 is 2.87 bits per heavy atom. The van der Waals surface area contributed by atoms with E-state index < -0.39 is 0 Å². The molecule has 3 aromatic rings. The molecule has 0 unspecified atom stereocenters. The number of carbonyl (C=O) groups is 1. The van der Waals surface area contributed by atoms with Crippen molar-refractivity contribution in [3.05, 3.63) is 53.7 Å². The van der Waals surface area contributed by atoms with Crippen molar-refractivity contribution >= 4 is 22.5 Å². The molecule has 1 aliphatic heterocycles. The van der Waals surface area contributed by atoms with Crippen molar-refractivity contribution in [1.29, 1.82) is 0 Å². The van der Waals surface area contributed by atoms with Gasteiger partial charge in [-0.15, -0.1) is 5.10 Å². The van der Waals surface area contributed by atoms with E-state index in [1.54, 1.807) is 6.20 Å². The van der Waals surface area contributed by atoms with Crippen LogP contribution < -0.4 is 10.2 Å². The summed E-state index contributed by atoms with van der Waals surface area (Å²) < 4.78 is 0. The molecule has 6 heteroatoms. The van der Waals surface area contributed by atoms with Crippen LogP contribution in [0.1, 0.15) is 41.6 Å². The van der Waals surface area contributed by atoms with E-state index in [-0.39, 0.29) is 18.6 Å². The summed E-state index contributed by atoms with van der Waals surface area (Å²) in [5, 5.41) is 23.4. The smallest absolute Gasteiger partial charge is 0.251 e. The van der Waals surface area contributed by atoms with Crippen LogP contribution in [0.5, 0.6) is 0 Å². The molecule has 1 amide bonds. The largest absolute Gasteiger partial charge is 0.394 e. The number of aliphatic hydroxyl groups is 1. The fourth-order valence-electron chi connectivity index (χ4n) is 4.33. The normalized spacial score (nSPS) is 18.7. The molecule has 0 radical (unpaired) electrons. The van der Waals surface area contributed by atoms with Gasteiger partial charge in [0.15, 0.2) is 5.82 Å². The van der Waals surface area contributed by atoms with E-state index >= 15 is 0 Å². The van der Waals surface area contributed by atoms with Crippen LogP contribution in [0, 0.1) is 6.92 Å². The van der Waals surface area contributed by atoms with Gasteiger partial charge in [0.2, 0.25) is 0 Å². The Hall–Kier alpha value is -2.99. The van der Waals surface area contributed by atoms with Gasteiger partial charge in [0, 0.05) is 28.9 Å². The van der Waals surface area contributed by atoms with Crippen LogP contribution in [-0.4, -0.2) is 46.4 Å². The first kappa shape index (κ1) is 19.0. The van der Waals surface area contributed by atoms with Crippen LogP contribution in [-0.2, 0) is 0 Å². The van der Waals surface area contributed by atoms with Crippen molar-refractivity contribution < 1.29 is 9.90 Å². The first-order valence-corrected chi connectivity index (χ1v) is 10.7.